The van der Waals surface area contributed by atoms with Gasteiger partial charge in [-0.25, -0.2) is 9.13 Å². The monoisotopic (exact) mass is 303 g/mol. The Labute approximate surface area is 120 Å². The minimum Gasteiger partial charge on any atom is -0.753 e. The predicted molar refractivity (Wildman–Crippen MR) is 77.8 cm³/mol. The number of aromatic nitrogens is 2. The Balaban J connectivity index is 0.000000982. The number of thiocarbonyl (C=S) groups is 1. The maximum atomic E-state index is 7.13. The second-order valence-electron chi connectivity index (χ2n) is 3.81. The maximum absolute atomic E-state index is 7.13. The van der Waals surface area contributed by atoms with Crippen molar-refractivity contribution in [2.45, 2.75) is 19.0 Å². The summed E-state index contributed by atoms with van der Waals surface area (Å²) in [7, 11) is 4.57. The molecule has 8 heteroatoms. The standard InChI is InChI=1S/C10H21N2O3Si.CNS/c1-11-7-8-12(10-11)6-5-9-16(13-2,14-3)15-4;2-1-3/h7-8,10H,5-6,9H2,1-4H3;/q+1;-1. The number of hydrogen-bond acceptors (Lipinski definition) is 4. The molecule has 1 aromatic rings. The second kappa shape index (κ2) is 9.96. The minimum absolute atomic E-state index is 0.832. The van der Waals surface area contributed by atoms with Crippen LogP contribution < -0.4 is 4.57 Å². The van der Waals surface area contributed by atoms with E-state index in [1.165, 1.54) is 5.16 Å². The highest BCUT2D eigenvalue weighted by Gasteiger charge is 2.37. The molecule has 108 valence electrons. The summed E-state index contributed by atoms with van der Waals surface area (Å²) in [6.07, 6.45) is 7.11. The Morgan fingerprint density at radius 2 is 1.84 bits per heavy atom. The van der Waals surface area contributed by atoms with Crippen LogP contribution in [0.5, 0.6) is 0 Å². The second-order valence-corrected chi connectivity index (χ2v) is 7.08. The summed E-state index contributed by atoms with van der Waals surface area (Å²) in [5.74, 6) is 0. The Bertz CT molecular complexity index is 382. The average Bonchev–Trinajstić information content (AvgIpc) is 2.82. The van der Waals surface area contributed by atoms with Crippen LogP contribution in [0.3, 0.4) is 0 Å². The molecule has 0 aliphatic rings. The van der Waals surface area contributed by atoms with Gasteiger partial charge in [-0.05, 0) is 6.42 Å². The fourth-order valence-corrected chi connectivity index (χ4v) is 3.37. The van der Waals surface area contributed by atoms with Gasteiger partial charge < -0.3 is 18.7 Å². The van der Waals surface area contributed by atoms with Gasteiger partial charge in [-0.2, -0.15) is 5.16 Å². The molecular formula is C11H21N3O3SSi. The van der Waals surface area contributed by atoms with Crippen LogP contribution in [-0.4, -0.2) is 39.9 Å². The quantitative estimate of drug-likeness (QED) is 0.329. The first kappa shape index (κ1) is 18.1. The zero-order valence-electron chi connectivity index (χ0n) is 11.8. The van der Waals surface area contributed by atoms with Gasteiger partial charge >= 0.3 is 8.80 Å². The molecule has 1 rings (SSSR count). The van der Waals surface area contributed by atoms with E-state index in [0.717, 1.165) is 19.0 Å². The van der Waals surface area contributed by atoms with E-state index in [1.54, 1.807) is 21.3 Å². The van der Waals surface area contributed by atoms with E-state index in [2.05, 4.69) is 29.3 Å². The van der Waals surface area contributed by atoms with E-state index in [0.29, 0.717) is 0 Å². The Morgan fingerprint density at radius 3 is 2.21 bits per heavy atom. The largest absolute Gasteiger partial charge is 0.753 e. The van der Waals surface area contributed by atoms with E-state index < -0.39 is 8.80 Å². The van der Waals surface area contributed by atoms with Crippen molar-refractivity contribution in [1.29, 1.82) is 0 Å². The third-order valence-electron chi connectivity index (χ3n) is 2.66. The summed E-state index contributed by atoms with van der Waals surface area (Å²) in [4.78, 5) is 0. The highest BCUT2D eigenvalue weighted by Crippen LogP contribution is 2.15. The van der Waals surface area contributed by atoms with Crippen LogP contribution in [0.2, 0.25) is 6.04 Å². The lowest BCUT2D eigenvalue weighted by Crippen LogP contribution is -2.42. The third kappa shape index (κ3) is 6.72. The van der Waals surface area contributed by atoms with E-state index in [4.69, 9.17) is 18.7 Å². The highest BCUT2D eigenvalue weighted by molar-refractivity contribution is 7.78. The van der Waals surface area contributed by atoms with Crippen molar-refractivity contribution in [2.24, 2.45) is 7.05 Å². The van der Waals surface area contributed by atoms with Gasteiger partial charge in [0.05, 0.1) is 13.6 Å². The Kier molecular flexibility index (Phi) is 9.49. The van der Waals surface area contributed by atoms with Crippen molar-refractivity contribution >= 4 is 26.2 Å². The van der Waals surface area contributed by atoms with Gasteiger partial charge in [-0.1, -0.05) is 12.2 Å². The van der Waals surface area contributed by atoms with Crippen molar-refractivity contribution in [1.82, 2.24) is 4.57 Å². The van der Waals surface area contributed by atoms with Crippen molar-refractivity contribution in [3.63, 3.8) is 0 Å². The Morgan fingerprint density at radius 1 is 1.32 bits per heavy atom. The van der Waals surface area contributed by atoms with Crippen LogP contribution in [0.25, 0.3) is 5.41 Å². The molecule has 0 spiro atoms. The fraction of sp³-hybridized carbons (Fsp3) is 0.636. The first-order chi connectivity index (χ1) is 9.07. The predicted octanol–water partition coefficient (Wildman–Crippen LogP) is 1.24. The number of aryl methyl sites for hydroxylation is 2. The molecule has 0 fully saturated rings. The lowest BCUT2D eigenvalue weighted by Gasteiger charge is -2.23. The van der Waals surface area contributed by atoms with Crippen molar-refractivity contribution < 1.29 is 17.8 Å². The molecule has 1 heterocycles. The molecule has 0 aliphatic carbocycles. The molecule has 0 unspecified atom stereocenters. The molecule has 0 saturated heterocycles. The number of rotatable bonds is 7. The summed E-state index contributed by atoms with van der Waals surface area (Å²) >= 11 is 3.70. The van der Waals surface area contributed by atoms with Crippen molar-refractivity contribution in [3.05, 3.63) is 24.1 Å². The molecule has 0 atom stereocenters. The third-order valence-corrected chi connectivity index (χ3v) is 5.49. The SMILES string of the molecule is CO[Si](CCCn1cc[n+](C)c1)(OC)OC.[N-]=C=S. The summed E-state index contributed by atoms with van der Waals surface area (Å²) < 4.78 is 20.2. The van der Waals surface area contributed by atoms with Crippen LogP contribution in [0.15, 0.2) is 18.7 Å². The van der Waals surface area contributed by atoms with Gasteiger partial charge in [0.1, 0.15) is 12.4 Å². The number of hydrogen-bond donors (Lipinski definition) is 0. The zero-order chi connectivity index (χ0) is 14.7. The van der Waals surface area contributed by atoms with E-state index >= 15 is 0 Å². The average molecular weight is 303 g/mol. The van der Waals surface area contributed by atoms with Gasteiger partial charge in [0.15, 0.2) is 0 Å². The minimum atomic E-state index is -2.38. The smallest absolute Gasteiger partial charge is 0.500 e. The Hall–Kier alpha value is -0.893. The van der Waals surface area contributed by atoms with Crippen LogP contribution in [-0.2, 0) is 26.9 Å². The number of imidazole rings is 1. The van der Waals surface area contributed by atoms with Gasteiger partial charge in [0.2, 0.25) is 6.33 Å². The van der Waals surface area contributed by atoms with E-state index in [1.807, 2.05) is 17.8 Å². The normalized spacial score (nSPS) is 10.5. The summed E-state index contributed by atoms with van der Waals surface area (Å²) in [6, 6.07) is 0.832. The van der Waals surface area contributed by atoms with Crippen LogP contribution in [0, 0.1) is 0 Å². The van der Waals surface area contributed by atoms with Gasteiger partial charge in [0.25, 0.3) is 0 Å². The molecule has 0 bridgehead atoms. The lowest BCUT2D eigenvalue weighted by molar-refractivity contribution is -0.671. The summed E-state index contributed by atoms with van der Waals surface area (Å²) in [6.45, 7) is 0.950. The fourth-order valence-electron chi connectivity index (χ4n) is 1.67. The van der Waals surface area contributed by atoms with E-state index in [-0.39, 0.29) is 0 Å². The molecule has 0 saturated carbocycles. The van der Waals surface area contributed by atoms with Crippen LogP contribution in [0.1, 0.15) is 6.42 Å². The summed E-state index contributed by atoms with van der Waals surface area (Å²) in [5, 5.41) is 8.47. The molecule has 1 aromatic heterocycles. The molecule has 0 aromatic carbocycles. The van der Waals surface area contributed by atoms with Gasteiger partial charge in [-0.15, -0.1) is 0 Å². The van der Waals surface area contributed by atoms with E-state index in [9.17, 15) is 0 Å². The lowest BCUT2D eigenvalue weighted by atomic mass is 10.5. The van der Waals surface area contributed by atoms with Crippen molar-refractivity contribution in [2.75, 3.05) is 21.3 Å². The molecule has 0 amide bonds. The highest BCUT2D eigenvalue weighted by atomic mass is 32.1. The molecule has 0 aliphatic heterocycles. The van der Waals surface area contributed by atoms with Crippen molar-refractivity contribution in [3.8, 4) is 0 Å². The van der Waals surface area contributed by atoms with Crippen LogP contribution in [0.4, 0.5) is 0 Å². The molecule has 6 nitrogen and oxygen atoms in total. The zero-order valence-corrected chi connectivity index (χ0v) is 13.6. The number of isothiocyanates is 1. The molecule has 0 N–H and O–H groups in total. The number of nitrogens with zero attached hydrogens (tertiary/aromatic N) is 3. The van der Waals surface area contributed by atoms with Crippen LogP contribution >= 0.6 is 12.2 Å². The maximum Gasteiger partial charge on any atom is 0.500 e. The summed E-state index contributed by atoms with van der Waals surface area (Å²) in [5.41, 5.74) is 0. The first-order valence-electron chi connectivity index (χ1n) is 5.75. The molecular weight excluding hydrogens is 282 g/mol. The van der Waals surface area contributed by atoms with Gasteiger partial charge in [-0.3, -0.25) is 0 Å². The topological polar surface area (TPSA) is 58.8 Å². The molecule has 0 radical (unpaired) electrons. The first-order valence-corrected chi connectivity index (χ1v) is 8.09. The van der Waals surface area contributed by atoms with Gasteiger partial charge in [0, 0.05) is 27.4 Å². The molecule has 19 heavy (non-hydrogen) atoms.